The summed E-state index contributed by atoms with van der Waals surface area (Å²) in [5.41, 5.74) is 9.30. The minimum atomic E-state index is -0.0360. The highest BCUT2D eigenvalue weighted by Gasteiger charge is 2.46. The van der Waals surface area contributed by atoms with Crippen molar-refractivity contribution in [2.45, 2.75) is 38.5 Å². The van der Waals surface area contributed by atoms with E-state index in [1.165, 1.54) is 82.1 Å². The van der Waals surface area contributed by atoms with Crippen molar-refractivity contribution in [1.29, 1.82) is 0 Å². The van der Waals surface area contributed by atoms with Gasteiger partial charge in [-0.3, -0.25) is 0 Å². The van der Waals surface area contributed by atoms with E-state index in [-0.39, 0.29) is 10.8 Å². The summed E-state index contributed by atoms with van der Waals surface area (Å²) < 4.78 is 2.45. The summed E-state index contributed by atoms with van der Waals surface area (Å²) in [6.07, 6.45) is 0. The standard InChI is InChI=1S/C42H33N/c1-41(2)35-23-21-26-12-5-6-13-28(26)40(35)34-25-33-27(24-36(34)42(41,3)4)20-22-32-29(33)16-11-19-39(32)43-37-17-9-7-14-30(37)31-15-8-10-18-38(31)43/h5-25H,1-4H3. The Labute approximate surface area is 252 Å². The van der Waals surface area contributed by atoms with E-state index in [1.54, 1.807) is 0 Å². The van der Waals surface area contributed by atoms with Crippen LogP contribution < -0.4 is 0 Å². The van der Waals surface area contributed by atoms with Crippen molar-refractivity contribution in [3.63, 3.8) is 0 Å². The van der Waals surface area contributed by atoms with Gasteiger partial charge in [-0.1, -0.05) is 125 Å². The molecular formula is C42H33N. The van der Waals surface area contributed by atoms with E-state index < -0.39 is 0 Å². The zero-order valence-corrected chi connectivity index (χ0v) is 25.1. The summed E-state index contributed by atoms with van der Waals surface area (Å²) in [6, 6.07) is 47.6. The van der Waals surface area contributed by atoms with E-state index in [1.807, 2.05) is 0 Å². The Hall–Kier alpha value is -4.88. The van der Waals surface area contributed by atoms with Crippen molar-refractivity contribution in [3.8, 4) is 16.8 Å². The van der Waals surface area contributed by atoms with Crippen LogP contribution in [0.15, 0.2) is 127 Å². The third-order valence-corrected chi connectivity index (χ3v) is 10.9. The zero-order chi connectivity index (χ0) is 29.1. The topological polar surface area (TPSA) is 4.93 Å². The molecule has 0 fully saturated rings. The van der Waals surface area contributed by atoms with Gasteiger partial charge in [0.15, 0.2) is 0 Å². The normalized spacial score (nSPS) is 15.3. The molecule has 1 heteroatoms. The van der Waals surface area contributed by atoms with Gasteiger partial charge in [0.2, 0.25) is 0 Å². The Morgan fingerprint density at radius 3 is 1.77 bits per heavy atom. The fraction of sp³-hybridized carbons (Fsp3) is 0.143. The molecule has 1 heterocycles. The molecule has 0 saturated carbocycles. The van der Waals surface area contributed by atoms with E-state index in [0.29, 0.717) is 0 Å². The van der Waals surface area contributed by atoms with Gasteiger partial charge in [0, 0.05) is 16.2 Å². The van der Waals surface area contributed by atoms with Crippen molar-refractivity contribution < 1.29 is 0 Å². The average Bonchev–Trinajstić information content (AvgIpc) is 3.37. The fourth-order valence-electron chi connectivity index (χ4n) is 7.98. The Bertz CT molecular complexity index is 2400. The molecule has 0 saturated heterocycles. The number of rotatable bonds is 1. The van der Waals surface area contributed by atoms with Crippen LogP contribution in [0.4, 0.5) is 0 Å². The van der Waals surface area contributed by atoms with Gasteiger partial charge in [0.25, 0.3) is 0 Å². The van der Waals surface area contributed by atoms with Gasteiger partial charge in [-0.2, -0.15) is 0 Å². The van der Waals surface area contributed by atoms with Gasteiger partial charge in [0.05, 0.1) is 16.7 Å². The second-order valence-corrected chi connectivity index (χ2v) is 13.4. The molecule has 0 unspecified atom stereocenters. The maximum absolute atomic E-state index is 2.50. The number of nitrogens with zero attached hydrogens (tertiary/aromatic N) is 1. The van der Waals surface area contributed by atoms with Crippen LogP contribution in [0.25, 0.3) is 70.9 Å². The Balaban J connectivity index is 1.40. The molecule has 1 aromatic heterocycles. The van der Waals surface area contributed by atoms with E-state index in [2.05, 4.69) is 160 Å². The van der Waals surface area contributed by atoms with E-state index in [9.17, 15) is 0 Å². The molecule has 43 heavy (non-hydrogen) atoms. The SMILES string of the molecule is CC1(C)c2cc3ccc4c(-n5c6ccccc6c6ccccc65)cccc4c3cc2-c2c(ccc3ccccc23)C1(C)C. The van der Waals surface area contributed by atoms with Crippen LogP contribution in [0.1, 0.15) is 38.8 Å². The lowest BCUT2D eigenvalue weighted by atomic mass is 9.55. The Morgan fingerprint density at radius 1 is 0.419 bits per heavy atom. The zero-order valence-electron chi connectivity index (χ0n) is 25.1. The molecule has 0 radical (unpaired) electrons. The lowest BCUT2D eigenvalue weighted by Gasteiger charge is -2.48. The first-order chi connectivity index (χ1) is 20.9. The molecule has 9 rings (SSSR count). The van der Waals surface area contributed by atoms with Crippen LogP contribution in [0.3, 0.4) is 0 Å². The van der Waals surface area contributed by atoms with Crippen LogP contribution in [0, 0.1) is 0 Å². The van der Waals surface area contributed by atoms with Crippen LogP contribution in [0.5, 0.6) is 0 Å². The largest absolute Gasteiger partial charge is 0.309 e. The van der Waals surface area contributed by atoms with Gasteiger partial charge >= 0.3 is 0 Å². The third-order valence-electron chi connectivity index (χ3n) is 10.9. The summed E-state index contributed by atoms with van der Waals surface area (Å²) in [6.45, 7) is 9.70. The molecule has 7 aromatic carbocycles. The lowest BCUT2D eigenvalue weighted by molar-refractivity contribution is 0.299. The predicted octanol–water partition coefficient (Wildman–Crippen LogP) is 11.5. The van der Waals surface area contributed by atoms with E-state index in [4.69, 9.17) is 0 Å². The number of hydrogen-bond acceptors (Lipinski definition) is 0. The molecular weight excluding hydrogens is 518 g/mol. The first kappa shape index (κ1) is 24.7. The second-order valence-electron chi connectivity index (χ2n) is 13.4. The first-order valence-electron chi connectivity index (χ1n) is 15.4. The average molecular weight is 552 g/mol. The minimum Gasteiger partial charge on any atom is -0.309 e. The highest BCUT2D eigenvalue weighted by atomic mass is 15.0. The molecule has 1 nitrogen and oxygen atoms in total. The van der Waals surface area contributed by atoms with Gasteiger partial charge in [-0.15, -0.1) is 0 Å². The summed E-state index contributed by atoms with van der Waals surface area (Å²) in [4.78, 5) is 0. The summed E-state index contributed by atoms with van der Waals surface area (Å²) in [7, 11) is 0. The Kier molecular flexibility index (Phi) is 4.80. The van der Waals surface area contributed by atoms with E-state index >= 15 is 0 Å². The van der Waals surface area contributed by atoms with Crippen LogP contribution >= 0.6 is 0 Å². The van der Waals surface area contributed by atoms with Gasteiger partial charge in [-0.25, -0.2) is 0 Å². The van der Waals surface area contributed by atoms with Crippen LogP contribution in [-0.2, 0) is 10.8 Å². The number of benzene rings is 7. The van der Waals surface area contributed by atoms with Gasteiger partial charge in [0.1, 0.15) is 0 Å². The number of fused-ring (bicyclic) bond motifs is 11. The molecule has 0 bridgehead atoms. The lowest BCUT2D eigenvalue weighted by Crippen LogP contribution is -2.43. The van der Waals surface area contributed by atoms with Crippen LogP contribution in [0.2, 0.25) is 0 Å². The second kappa shape index (κ2) is 8.36. The monoisotopic (exact) mass is 551 g/mol. The molecule has 0 spiro atoms. The minimum absolute atomic E-state index is 0.0202. The van der Waals surface area contributed by atoms with Crippen molar-refractivity contribution in [1.82, 2.24) is 4.57 Å². The molecule has 206 valence electrons. The quantitative estimate of drug-likeness (QED) is 0.179. The third kappa shape index (κ3) is 3.12. The molecule has 1 aliphatic carbocycles. The molecule has 0 amide bonds. The summed E-state index contributed by atoms with van der Waals surface area (Å²) >= 11 is 0. The maximum atomic E-state index is 2.50. The predicted molar refractivity (Wildman–Crippen MR) is 185 cm³/mol. The highest BCUT2D eigenvalue weighted by molar-refractivity contribution is 6.15. The van der Waals surface area contributed by atoms with E-state index in [0.717, 1.165) is 0 Å². The number of aromatic nitrogens is 1. The fourth-order valence-corrected chi connectivity index (χ4v) is 7.98. The molecule has 0 aliphatic heterocycles. The molecule has 8 aromatic rings. The summed E-state index contributed by atoms with van der Waals surface area (Å²) in [5.74, 6) is 0. The van der Waals surface area contributed by atoms with Crippen molar-refractivity contribution in [3.05, 3.63) is 139 Å². The van der Waals surface area contributed by atoms with Crippen molar-refractivity contribution >= 4 is 54.1 Å². The van der Waals surface area contributed by atoms with Crippen molar-refractivity contribution in [2.24, 2.45) is 0 Å². The van der Waals surface area contributed by atoms with Gasteiger partial charge in [-0.05, 0) is 90.3 Å². The number of para-hydroxylation sites is 2. The maximum Gasteiger partial charge on any atom is 0.0541 e. The molecule has 0 atom stereocenters. The first-order valence-corrected chi connectivity index (χ1v) is 15.4. The van der Waals surface area contributed by atoms with Crippen LogP contribution in [-0.4, -0.2) is 4.57 Å². The Morgan fingerprint density at radius 2 is 1.02 bits per heavy atom. The highest BCUT2D eigenvalue weighted by Crippen LogP contribution is 2.56. The smallest absolute Gasteiger partial charge is 0.0541 e. The van der Waals surface area contributed by atoms with Gasteiger partial charge < -0.3 is 4.57 Å². The molecule has 1 aliphatic rings. The number of hydrogen-bond donors (Lipinski definition) is 0. The molecule has 0 N–H and O–H groups in total. The van der Waals surface area contributed by atoms with Crippen molar-refractivity contribution in [2.75, 3.05) is 0 Å². The summed E-state index contributed by atoms with van der Waals surface area (Å²) in [5, 5.41) is 10.4.